The van der Waals surface area contributed by atoms with Crippen molar-refractivity contribution >= 4 is 5.97 Å². The van der Waals surface area contributed by atoms with Gasteiger partial charge in [-0.05, 0) is 38.5 Å². The van der Waals surface area contributed by atoms with E-state index in [0.29, 0.717) is 18.7 Å². The zero-order valence-corrected chi connectivity index (χ0v) is 13.2. The highest BCUT2D eigenvalue weighted by Gasteiger charge is 2.42. The average molecular weight is 331 g/mol. The molecule has 0 spiro atoms. The monoisotopic (exact) mass is 331 g/mol. The van der Waals surface area contributed by atoms with Gasteiger partial charge in [-0.15, -0.1) is 13.2 Å². The average Bonchev–Trinajstić information content (AvgIpc) is 2.82. The Balaban J connectivity index is 2.20. The number of carbonyl (C=O) groups is 1. The minimum atomic E-state index is -4.73. The van der Waals surface area contributed by atoms with Crippen molar-refractivity contribution in [2.75, 3.05) is 13.1 Å². The molecule has 128 valence electrons. The van der Waals surface area contributed by atoms with Gasteiger partial charge in [0.1, 0.15) is 5.75 Å². The number of alkyl halides is 3. The van der Waals surface area contributed by atoms with Gasteiger partial charge in [0.05, 0.1) is 5.92 Å². The molecule has 0 unspecified atom stereocenters. The van der Waals surface area contributed by atoms with E-state index in [1.54, 1.807) is 0 Å². The largest absolute Gasteiger partial charge is 0.573 e. The maximum absolute atomic E-state index is 12.2. The van der Waals surface area contributed by atoms with Gasteiger partial charge in [0.25, 0.3) is 0 Å². The lowest BCUT2D eigenvalue weighted by atomic mass is 9.89. The van der Waals surface area contributed by atoms with Crippen LogP contribution in [-0.2, 0) is 4.79 Å². The van der Waals surface area contributed by atoms with Crippen molar-refractivity contribution in [2.24, 2.45) is 5.92 Å². The second-order valence-corrected chi connectivity index (χ2v) is 6.74. The Kier molecular flexibility index (Phi) is 4.61. The van der Waals surface area contributed by atoms with Gasteiger partial charge in [-0.25, -0.2) is 0 Å². The predicted octanol–water partition coefficient (Wildman–Crippen LogP) is 3.48. The zero-order chi connectivity index (χ0) is 17.4. The fourth-order valence-corrected chi connectivity index (χ4v) is 2.86. The maximum atomic E-state index is 12.2. The first-order chi connectivity index (χ1) is 10.5. The third kappa shape index (κ3) is 4.37. The van der Waals surface area contributed by atoms with Crippen LogP contribution < -0.4 is 4.74 Å². The Labute approximate surface area is 132 Å². The summed E-state index contributed by atoms with van der Waals surface area (Å²) < 4.78 is 40.4. The summed E-state index contributed by atoms with van der Waals surface area (Å²) in [5, 5.41) is 9.44. The van der Waals surface area contributed by atoms with Gasteiger partial charge in [-0.2, -0.15) is 0 Å². The molecule has 1 saturated heterocycles. The molecule has 1 aromatic rings. The van der Waals surface area contributed by atoms with Crippen LogP contribution in [0.5, 0.6) is 5.75 Å². The van der Waals surface area contributed by atoms with Crippen LogP contribution in [0.3, 0.4) is 0 Å². The van der Waals surface area contributed by atoms with Crippen molar-refractivity contribution in [3.05, 3.63) is 29.8 Å². The molecule has 7 heteroatoms. The summed E-state index contributed by atoms with van der Waals surface area (Å²) in [6, 6.07) is 5.46. The van der Waals surface area contributed by atoms with E-state index in [9.17, 15) is 23.1 Å². The van der Waals surface area contributed by atoms with E-state index in [4.69, 9.17) is 0 Å². The fourth-order valence-electron chi connectivity index (χ4n) is 2.86. The van der Waals surface area contributed by atoms with Crippen LogP contribution >= 0.6 is 0 Å². The van der Waals surface area contributed by atoms with Crippen LogP contribution in [0.4, 0.5) is 13.2 Å². The first-order valence-electron chi connectivity index (χ1n) is 7.31. The summed E-state index contributed by atoms with van der Waals surface area (Å²) in [5.41, 5.74) is 0.542. The first kappa shape index (κ1) is 17.6. The van der Waals surface area contributed by atoms with E-state index in [1.165, 1.54) is 24.3 Å². The van der Waals surface area contributed by atoms with Gasteiger partial charge in [0, 0.05) is 24.5 Å². The molecular formula is C16H20F3NO3. The fraction of sp³-hybridized carbons (Fsp3) is 0.562. The standard InChI is InChI=1S/C16H20F3NO3/c1-15(2,3)20-8-12(13(9-20)14(21)22)10-4-6-11(7-5-10)23-16(17,18)19/h4-7,12-13H,8-9H2,1-3H3,(H,21,22)/t12-,13+/m1/s1. The highest BCUT2D eigenvalue weighted by atomic mass is 19.4. The van der Waals surface area contributed by atoms with Gasteiger partial charge in [0.2, 0.25) is 0 Å². The van der Waals surface area contributed by atoms with Crippen LogP contribution in [0, 0.1) is 5.92 Å². The highest BCUT2D eigenvalue weighted by molar-refractivity contribution is 5.72. The molecule has 1 N–H and O–H groups in total. The molecule has 0 aromatic heterocycles. The maximum Gasteiger partial charge on any atom is 0.573 e. The number of carboxylic acid groups (broad SMARTS) is 1. The predicted molar refractivity (Wildman–Crippen MR) is 78.3 cm³/mol. The lowest BCUT2D eigenvalue weighted by molar-refractivity contribution is -0.274. The minimum absolute atomic E-state index is 0.165. The second kappa shape index (κ2) is 6.03. The van der Waals surface area contributed by atoms with Crippen molar-refractivity contribution in [3.63, 3.8) is 0 Å². The lowest BCUT2D eigenvalue weighted by Crippen LogP contribution is -2.40. The van der Waals surface area contributed by atoms with Gasteiger partial charge in [-0.1, -0.05) is 12.1 Å². The summed E-state index contributed by atoms with van der Waals surface area (Å²) in [6.45, 7) is 7.00. The third-order valence-corrected chi connectivity index (χ3v) is 4.13. The number of carboxylic acids is 1. The van der Waals surface area contributed by atoms with Crippen LogP contribution in [0.2, 0.25) is 0 Å². The Morgan fingerprint density at radius 3 is 2.17 bits per heavy atom. The normalized spacial score (nSPS) is 23.0. The van der Waals surface area contributed by atoms with Gasteiger partial charge < -0.3 is 9.84 Å². The molecule has 1 aromatic carbocycles. The minimum Gasteiger partial charge on any atom is -0.481 e. The molecule has 1 aliphatic rings. The molecular weight excluding hydrogens is 311 g/mol. The third-order valence-electron chi connectivity index (χ3n) is 4.13. The molecule has 0 amide bonds. The molecule has 0 saturated carbocycles. The summed E-state index contributed by atoms with van der Waals surface area (Å²) >= 11 is 0. The van der Waals surface area contributed by atoms with Gasteiger partial charge in [-0.3, -0.25) is 9.69 Å². The molecule has 4 nitrogen and oxygen atoms in total. The number of hydrogen-bond donors (Lipinski definition) is 1. The Hall–Kier alpha value is -1.76. The van der Waals surface area contributed by atoms with Crippen LogP contribution in [0.1, 0.15) is 32.3 Å². The quantitative estimate of drug-likeness (QED) is 0.921. The highest BCUT2D eigenvalue weighted by Crippen LogP contribution is 2.37. The topological polar surface area (TPSA) is 49.8 Å². The van der Waals surface area contributed by atoms with E-state index in [2.05, 4.69) is 9.64 Å². The van der Waals surface area contributed by atoms with Crippen molar-refractivity contribution in [2.45, 2.75) is 38.6 Å². The van der Waals surface area contributed by atoms with Gasteiger partial charge in [0.15, 0.2) is 0 Å². The van der Waals surface area contributed by atoms with Gasteiger partial charge >= 0.3 is 12.3 Å². The van der Waals surface area contributed by atoms with E-state index in [-0.39, 0.29) is 17.2 Å². The van der Waals surface area contributed by atoms with E-state index < -0.39 is 18.2 Å². The number of ether oxygens (including phenoxy) is 1. The molecule has 1 aliphatic heterocycles. The van der Waals surface area contributed by atoms with E-state index >= 15 is 0 Å². The smallest absolute Gasteiger partial charge is 0.481 e. The first-order valence-corrected chi connectivity index (χ1v) is 7.31. The number of halogens is 3. The van der Waals surface area contributed by atoms with E-state index in [1.807, 2.05) is 20.8 Å². The molecule has 1 fully saturated rings. The number of likely N-dealkylation sites (tertiary alicyclic amines) is 1. The summed E-state index contributed by atoms with van der Waals surface area (Å²) in [7, 11) is 0. The van der Waals surface area contributed by atoms with Crippen molar-refractivity contribution in [1.82, 2.24) is 4.90 Å². The zero-order valence-electron chi connectivity index (χ0n) is 13.2. The SMILES string of the molecule is CC(C)(C)N1C[C@H](C(=O)O)[C@@H](c2ccc(OC(F)(F)F)cc2)C1. The molecule has 2 rings (SSSR count). The molecule has 23 heavy (non-hydrogen) atoms. The van der Waals surface area contributed by atoms with Crippen LogP contribution in [-0.4, -0.2) is 41.0 Å². The number of aliphatic carboxylic acids is 1. The molecule has 0 bridgehead atoms. The van der Waals surface area contributed by atoms with Crippen molar-refractivity contribution < 1.29 is 27.8 Å². The van der Waals surface area contributed by atoms with Crippen molar-refractivity contribution in [1.29, 1.82) is 0 Å². The number of benzene rings is 1. The lowest BCUT2D eigenvalue weighted by Gasteiger charge is -2.31. The second-order valence-electron chi connectivity index (χ2n) is 6.74. The Bertz CT molecular complexity index is 563. The van der Waals surface area contributed by atoms with Crippen LogP contribution in [0.25, 0.3) is 0 Å². The number of nitrogens with zero attached hydrogens (tertiary/aromatic N) is 1. The number of hydrogen-bond acceptors (Lipinski definition) is 3. The molecule has 1 heterocycles. The summed E-state index contributed by atoms with van der Waals surface area (Å²) in [6.07, 6.45) is -4.73. The molecule has 0 radical (unpaired) electrons. The summed E-state index contributed by atoms with van der Waals surface area (Å²) in [5.74, 6) is -2.04. The van der Waals surface area contributed by atoms with Crippen LogP contribution in [0.15, 0.2) is 24.3 Å². The Morgan fingerprint density at radius 2 is 1.74 bits per heavy atom. The van der Waals surface area contributed by atoms with Crippen molar-refractivity contribution in [3.8, 4) is 5.75 Å². The van der Waals surface area contributed by atoms with E-state index in [0.717, 1.165) is 0 Å². The molecule has 2 atom stereocenters. The summed E-state index contributed by atoms with van der Waals surface area (Å²) in [4.78, 5) is 13.6. The number of rotatable bonds is 3. The molecule has 0 aliphatic carbocycles. The Morgan fingerprint density at radius 1 is 1.17 bits per heavy atom.